The Bertz CT molecular complexity index is 1220. The summed E-state index contributed by atoms with van der Waals surface area (Å²) >= 11 is 0. The SMILES string of the molecule is CCc1ccc(N(CC(=O)Nc2cccc(C(C)=O)c2)S(=O)(=O)c2ccc(C)cc2)cc1. The largest absolute Gasteiger partial charge is 0.324 e. The fourth-order valence-corrected chi connectivity index (χ4v) is 4.62. The number of rotatable bonds is 8. The van der Waals surface area contributed by atoms with E-state index in [4.69, 9.17) is 0 Å². The second kappa shape index (κ2) is 9.78. The average Bonchev–Trinajstić information content (AvgIpc) is 2.78. The minimum atomic E-state index is -3.98. The smallest absolute Gasteiger partial charge is 0.264 e. The van der Waals surface area contributed by atoms with Gasteiger partial charge in [0.2, 0.25) is 5.91 Å². The van der Waals surface area contributed by atoms with Crippen molar-refractivity contribution < 1.29 is 18.0 Å². The standard InChI is InChI=1S/C25H26N2O4S/c1-4-20-10-12-23(13-11-20)27(32(30,31)24-14-8-18(2)9-15-24)17-25(29)26-22-7-5-6-21(16-22)19(3)28/h5-16H,4,17H2,1-3H3,(H,26,29). The summed E-state index contributed by atoms with van der Waals surface area (Å²) in [6.45, 7) is 4.92. The minimum absolute atomic E-state index is 0.106. The molecule has 6 nitrogen and oxygen atoms in total. The van der Waals surface area contributed by atoms with Gasteiger partial charge in [-0.2, -0.15) is 0 Å². The van der Waals surface area contributed by atoms with E-state index >= 15 is 0 Å². The third kappa shape index (κ3) is 5.42. The number of ketones is 1. The van der Waals surface area contributed by atoms with Gasteiger partial charge in [0.15, 0.2) is 5.78 Å². The van der Waals surface area contributed by atoms with Crippen LogP contribution in [-0.2, 0) is 21.2 Å². The van der Waals surface area contributed by atoms with Gasteiger partial charge in [0.25, 0.3) is 10.0 Å². The Morgan fingerprint density at radius 3 is 2.19 bits per heavy atom. The summed E-state index contributed by atoms with van der Waals surface area (Å²) in [7, 11) is -3.98. The van der Waals surface area contributed by atoms with E-state index in [2.05, 4.69) is 5.32 Å². The van der Waals surface area contributed by atoms with Gasteiger partial charge in [-0.05, 0) is 62.2 Å². The maximum atomic E-state index is 13.4. The first-order chi connectivity index (χ1) is 15.2. The molecular weight excluding hydrogens is 424 g/mol. The van der Waals surface area contributed by atoms with E-state index in [0.717, 1.165) is 21.9 Å². The zero-order valence-electron chi connectivity index (χ0n) is 18.3. The lowest BCUT2D eigenvalue weighted by atomic mass is 10.1. The van der Waals surface area contributed by atoms with Gasteiger partial charge in [-0.15, -0.1) is 0 Å². The second-order valence-electron chi connectivity index (χ2n) is 7.53. The van der Waals surface area contributed by atoms with E-state index < -0.39 is 22.5 Å². The molecule has 0 bridgehead atoms. The number of sulfonamides is 1. The predicted octanol–water partition coefficient (Wildman–Crippen LogP) is 4.59. The number of nitrogens with zero attached hydrogens (tertiary/aromatic N) is 1. The molecule has 0 aromatic heterocycles. The number of carbonyl (C=O) groups is 2. The molecule has 0 unspecified atom stereocenters. The highest BCUT2D eigenvalue weighted by Crippen LogP contribution is 2.25. The predicted molar refractivity (Wildman–Crippen MR) is 127 cm³/mol. The van der Waals surface area contributed by atoms with Gasteiger partial charge < -0.3 is 5.32 Å². The Labute approximate surface area is 188 Å². The lowest BCUT2D eigenvalue weighted by molar-refractivity contribution is -0.114. The number of Topliss-reactive ketones (excluding diaryl/α,β-unsaturated/α-hetero) is 1. The van der Waals surface area contributed by atoms with Gasteiger partial charge in [0.1, 0.15) is 6.54 Å². The number of aryl methyl sites for hydroxylation is 2. The van der Waals surface area contributed by atoms with Crippen LogP contribution in [0.2, 0.25) is 0 Å². The molecule has 166 valence electrons. The molecular formula is C25H26N2O4S. The van der Waals surface area contributed by atoms with Crippen molar-refractivity contribution in [3.8, 4) is 0 Å². The highest BCUT2D eigenvalue weighted by atomic mass is 32.2. The summed E-state index contributed by atoms with van der Waals surface area (Å²) in [4.78, 5) is 24.5. The molecule has 3 aromatic rings. The zero-order valence-corrected chi connectivity index (χ0v) is 19.1. The summed E-state index contributed by atoms with van der Waals surface area (Å²) < 4.78 is 28.0. The van der Waals surface area contributed by atoms with Gasteiger partial charge in [0, 0.05) is 11.3 Å². The molecule has 32 heavy (non-hydrogen) atoms. The molecule has 0 fully saturated rings. The molecule has 0 aliphatic rings. The van der Waals surface area contributed by atoms with E-state index in [0.29, 0.717) is 16.9 Å². The first-order valence-corrected chi connectivity index (χ1v) is 11.7. The van der Waals surface area contributed by atoms with Crippen LogP contribution in [0.4, 0.5) is 11.4 Å². The monoisotopic (exact) mass is 450 g/mol. The first kappa shape index (κ1) is 23.2. The number of anilines is 2. The van der Waals surface area contributed by atoms with Gasteiger partial charge in [-0.1, -0.05) is 48.9 Å². The molecule has 1 N–H and O–H groups in total. The normalized spacial score (nSPS) is 11.1. The van der Waals surface area contributed by atoms with Crippen molar-refractivity contribution in [1.29, 1.82) is 0 Å². The number of nitrogens with one attached hydrogen (secondary N) is 1. The number of hydrogen-bond donors (Lipinski definition) is 1. The van der Waals surface area contributed by atoms with Crippen LogP contribution in [0.25, 0.3) is 0 Å². The second-order valence-corrected chi connectivity index (χ2v) is 9.39. The summed E-state index contributed by atoms with van der Waals surface area (Å²) in [5.74, 6) is -0.637. The highest BCUT2D eigenvalue weighted by molar-refractivity contribution is 7.92. The summed E-state index contributed by atoms with van der Waals surface area (Å²) in [6, 6.07) is 20.1. The molecule has 0 aliphatic heterocycles. The van der Waals surface area contributed by atoms with Crippen LogP contribution in [0.3, 0.4) is 0 Å². The lowest BCUT2D eigenvalue weighted by Crippen LogP contribution is -2.38. The van der Waals surface area contributed by atoms with Crippen molar-refractivity contribution >= 4 is 33.1 Å². The van der Waals surface area contributed by atoms with Crippen LogP contribution in [0.1, 0.15) is 35.3 Å². The highest BCUT2D eigenvalue weighted by Gasteiger charge is 2.27. The van der Waals surface area contributed by atoms with Crippen LogP contribution in [0.15, 0.2) is 77.7 Å². The van der Waals surface area contributed by atoms with E-state index in [9.17, 15) is 18.0 Å². The Hall–Kier alpha value is -3.45. The van der Waals surface area contributed by atoms with Gasteiger partial charge in [0.05, 0.1) is 10.6 Å². The Kier molecular flexibility index (Phi) is 7.10. The molecule has 0 aliphatic carbocycles. The van der Waals surface area contributed by atoms with Crippen molar-refractivity contribution in [2.75, 3.05) is 16.2 Å². The Morgan fingerprint density at radius 1 is 0.938 bits per heavy atom. The summed E-state index contributed by atoms with van der Waals surface area (Å²) in [5.41, 5.74) is 3.28. The molecule has 7 heteroatoms. The number of benzene rings is 3. The zero-order chi connectivity index (χ0) is 23.3. The molecule has 0 saturated heterocycles. The molecule has 0 saturated carbocycles. The number of carbonyl (C=O) groups excluding carboxylic acids is 2. The van der Waals surface area contributed by atoms with Crippen molar-refractivity contribution in [1.82, 2.24) is 0 Å². The molecule has 0 heterocycles. The Morgan fingerprint density at radius 2 is 1.59 bits per heavy atom. The molecule has 0 radical (unpaired) electrons. The summed E-state index contributed by atoms with van der Waals surface area (Å²) in [5, 5.41) is 2.70. The van der Waals surface area contributed by atoms with Crippen LogP contribution >= 0.6 is 0 Å². The average molecular weight is 451 g/mol. The minimum Gasteiger partial charge on any atom is -0.324 e. The van der Waals surface area contributed by atoms with E-state index in [1.165, 1.54) is 19.1 Å². The maximum absolute atomic E-state index is 13.4. The molecule has 0 spiro atoms. The molecule has 1 amide bonds. The molecule has 0 atom stereocenters. The van der Waals surface area contributed by atoms with Crippen LogP contribution in [0.5, 0.6) is 0 Å². The fourth-order valence-electron chi connectivity index (χ4n) is 3.20. The van der Waals surface area contributed by atoms with Gasteiger partial charge in [-0.3, -0.25) is 13.9 Å². The van der Waals surface area contributed by atoms with Crippen LogP contribution in [0, 0.1) is 6.92 Å². The molecule has 3 rings (SSSR count). The van der Waals surface area contributed by atoms with Crippen molar-refractivity contribution in [3.63, 3.8) is 0 Å². The van der Waals surface area contributed by atoms with E-state index in [1.807, 2.05) is 26.0 Å². The van der Waals surface area contributed by atoms with E-state index in [-0.39, 0.29) is 10.7 Å². The Balaban J connectivity index is 1.93. The topological polar surface area (TPSA) is 83.6 Å². The third-order valence-electron chi connectivity index (χ3n) is 5.08. The quantitative estimate of drug-likeness (QED) is 0.509. The van der Waals surface area contributed by atoms with Crippen molar-refractivity contribution in [3.05, 3.63) is 89.5 Å². The van der Waals surface area contributed by atoms with E-state index in [1.54, 1.807) is 48.5 Å². The van der Waals surface area contributed by atoms with Gasteiger partial charge >= 0.3 is 0 Å². The van der Waals surface area contributed by atoms with Gasteiger partial charge in [-0.25, -0.2) is 8.42 Å². The number of hydrogen-bond acceptors (Lipinski definition) is 4. The summed E-state index contributed by atoms with van der Waals surface area (Å²) in [6.07, 6.45) is 0.817. The van der Waals surface area contributed by atoms with Crippen molar-refractivity contribution in [2.24, 2.45) is 0 Å². The van der Waals surface area contributed by atoms with Crippen molar-refractivity contribution in [2.45, 2.75) is 32.1 Å². The fraction of sp³-hybridized carbons (Fsp3) is 0.200. The van der Waals surface area contributed by atoms with Crippen LogP contribution < -0.4 is 9.62 Å². The number of amides is 1. The maximum Gasteiger partial charge on any atom is 0.264 e. The first-order valence-electron chi connectivity index (χ1n) is 10.3. The lowest BCUT2D eigenvalue weighted by Gasteiger charge is -2.24. The van der Waals surface area contributed by atoms with Crippen LogP contribution in [-0.4, -0.2) is 26.7 Å². The molecule has 3 aromatic carbocycles. The third-order valence-corrected chi connectivity index (χ3v) is 6.87.